The molecule has 0 radical (unpaired) electrons. The molecule has 2 nitrogen and oxygen atoms in total. The minimum absolute atomic E-state index is 0.286. The van der Waals surface area contributed by atoms with Gasteiger partial charge in [-0.1, -0.05) is 6.08 Å². The summed E-state index contributed by atoms with van der Waals surface area (Å²) in [5, 5.41) is 9.98. The van der Waals surface area contributed by atoms with Gasteiger partial charge in [0.25, 0.3) is 0 Å². The van der Waals surface area contributed by atoms with Crippen LogP contribution in [0.15, 0.2) is 31.1 Å². The summed E-state index contributed by atoms with van der Waals surface area (Å²) in [6.07, 6.45) is 5.39. The monoisotopic (exact) mass is 195 g/mol. The molecule has 3 heteroatoms. The molecular formula is C11H14FNO. The molecule has 0 saturated carbocycles. The Hall–Kier alpha value is -1.22. The average Bonchev–Trinajstić information content (AvgIpc) is 2.15. The van der Waals surface area contributed by atoms with E-state index in [1.54, 1.807) is 13.0 Å². The second-order valence-corrected chi connectivity index (χ2v) is 3.46. The molecule has 1 N–H and O–H groups in total. The van der Waals surface area contributed by atoms with Gasteiger partial charge in [0.2, 0.25) is 0 Å². The molecule has 0 fully saturated rings. The maximum absolute atomic E-state index is 13.3. The highest BCUT2D eigenvalue weighted by Crippen LogP contribution is 2.27. The standard InChI is InChI=1S/C11H14FNO/c1-3-4-6-11(2,14)9-5-7-13-8-10(9)12/h3,5,7-8,14H,1,4,6H2,2H3. The second kappa shape index (κ2) is 4.33. The van der Waals surface area contributed by atoms with Crippen LogP contribution in [0.5, 0.6) is 0 Å². The number of rotatable bonds is 4. The second-order valence-electron chi connectivity index (χ2n) is 3.46. The topological polar surface area (TPSA) is 33.1 Å². The fraction of sp³-hybridized carbons (Fsp3) is 0.364. The first-order valence-corrected chi connectivity index (χ1v) is 4.51. The molecule has 14 heavy (non-hydrogen) atoms. The Morgan fingerprint density at radius 2 is 2.43 bits per heavy atom. The van der Waals surface area contributed by atoms with E-state index < -0.39 is 11.4 Å². The largest absolute Gasteiger partial charge is 0.385 e. The number of halogens is 1. The Balaban J connectivity index is 2.91. The summed E-state index contributed by atoms with van der Waals surface area (Å²) in [7, 11) is 0. The first kappa shape index (κ1) is 10.9. The number of allylic oxidation sites excluding steroid dienone is 1. The van der Waals surface area contributed by atoms with Gasteiger partial charge in [0.1, 0.15) is 5.82 Å². The van der Waals surface area contributed by atoms with Crippen LogP contribution < -0.4 is 0 Å². The normalized spacial score (nSPS) is 14.8. The molecular weight excluding hydrogens is 181 g/mol. The van der Waals surface area contributed by atoms with Gasteiger partial charge in [-0.2, -0.15) is 0 Å². The van der Waals surface area contributed by atoms with Gasteiger partial charge in [-0.3, -0.25) is 4.98 Å². The zero-order valence-electron chi connectivity index (χ0n) is 8.20. The number of pyridine rings is 1. The van der Waals surface area contributed by atoms with Gasteiger partial charge in [0.05, 0.1) is 11.8 Å². The summed E-state index contributed by atoms with van der Waals surface area (Å²) in [6.45, 7) is 5.15. The lowest BCUT2D eigenvalue weighted by molar-refractivity contribution is 0.0450. The predicted molar refractivity (Wildman–Crippen MR) is 53.2 cm³/mol. The third-order valence-electron chi connectivity index (χ3n) is 2.19. The minimum atomic E-state index is -1.15. The molecule has 1 rings (SSSR count). The Labute approximate surface area is 83.1 Å². The van der Waals surface area contributed by atoms with Crippen molar-refractivity contribution in [2.24, 2.45) is 0 Å². The van der Waals surface area contributed by atoms with Crippen LogP contribution in [0.1, 0.15) is 25.3 Å². The van der Waals surface area contributed by atoms with Crippen LogP contribution in [0, 0.1) is 5.82 Å². The molecule has 0 bridgehead atoms. The molecule has 76 valence electrons. The SMILES string of the molecule is C=CCCC(C)(O)c1ccncc1F. The zero-order chi connectivity index (χ0) is 10.6. The first-order chi connectivity index (χ1) is 6.58. The summed E-state index contributed by atoms with van der Waals surface area (Å²) in [5.74, 6) is -0.471. The number of nitrogens with zero attached hydrogens (tertiary/aromatic N) is 1. The summed E-state index contributed by atoms with van der Waals surface area (Å²) in [4.78, 5) is 3.63. The molecule has 1 heterocycles. The lowest BCUT2D eigenvalue weighted by atomic mass is 9.91. The number of aliphatic hydroxyl groups is 1. The van der Waals surface area contributed by atoms with Gasteiger partial charge in [0.15, 0.2) is 0 Å². The van der Waals surface area contributed by atoms with E-state index in [1.807, 2.05) is 0 Å². The summed E-state index contributed by atoms with van der Waals surface area (Å²) in [5.41, 5.74) is -0.865. The fourth-order valence-electron chi connectivity index (χ4n) is 1.33. The van der Waals surface area contributed by atoms with E-state index in [2.05, 4.69) is 11.6 Å². The lowest BCUT2D eigenvalue weighted by Gasteiger charge is -2.23. The van der Waals surface area contributed by atoms with Crippen LogP contribution in [0.2, 0.25) is 0 Å². The average molecular weight is 195 g/mol. The van der Waals surface area contributed by atoms with E-state index in [0.29, 0.717) is 12.8 Å². The molecule has 0 amide bonds. The molecule has 1 aromatic heterocycles. The van der Waals surface area contributed by atoms with Crippen LogP contribution in [-0.4, -0.2) is 10.1 Å². The van der Waals surface area contributed by atoms with E-state index in [9.17, 15) is 9.50 Å². The predicted octanol–water partition coefficient (Wildman–Crippen LogP) is 2.39. The van der Waals surface area contributed by atoms with Crippen molar-refractivity contribution in [2.45, 2.75) is 25.4 Å². The summed E-state index contributed by atoms with van der Waals surface area (Å²) in [6, 6.07) is 1.50. The molecule has 0 aromatic carbocycles. The van der Waals surface area contributed by atoms with Gasteiger partial charge < -0.3 is 5.11 Å². The molecule has 1 unspecified atom stereocenters. The van der Waals surface area contributed by atoms with Crippen LogP contribution >= 0.6 is 0 Å². The van der Waals surface area contributed by atoms with Gasteiger partial charge in [-0.15, -0.1) is 6.58 Å². The van der Waals surface area contributed by atoms with Crippen molar-refractivity contribution in [2.75, 3.05) is 0 Å². The van der Waals surface area contributed by atoms with E-state index in [0.717, 1.165) is 6.20 Å². The minimum Gasteiger partial charge on any atom is -0.385 e. The molecule has 0 spiro atoms. The van der Waals surface area contributed by atoms with Crippen molar-refractivity contribution in [3.63, 3.8) is 0 Å². The lowest BCUT2D eigenvalue weighted by Crippen LogP contribution is -2.22. The summed E-state index contributed by atoms with van der Waals surface area (Å²) >= 11 is 0. The number of hydrogen-bond donors (Lipinski definition) is 1. The highest BCUT2D eigenvalue weighted by Gasteiger charge is 2.25. The fourth-order valence-corrected chi connectivity index (χ4v) is 1.33. The van der Waals surface area contributed by atoms with Crippen molar-refractivity contribution in [3.8, 4) is 0 Å². The van der Waals surface area contributed by atoms with Crippen LogP contribution in [-0.2, 0) is 5.60 Å². The van der Waals surface area contributed by atoms with Crippen molar-refractivity contribution >= 4 is 0 Å². The Bertz CT molecular complexity index is 323. The van der Waals surface area contributed by atoms with E-state index >= 15 is 0 Å². The molecule has 1 aromatic rings. The van der Waals surface area contributed by atoms with E-state index in [1.165, 1.54) is 12.3 Å². The van der Waals surface area contributed by atoms with Crippen LogP contribution in [0.25, 0.3) is 0 Å². The Morgan fingerprint density at radius 1 is 1.71 bits per heavy atom. The Kier molecular flexibility index (Phi) is 3.36. The van der Waals surface area contributed by atoms with Crippen molar-refractivity contribution < 1.29 is 9.50 Å². The number of aromatic nitrogens is 1. The third-order valence-corrected chi connectivity index (χ3v) is 2.19. The van der Waals surface area contributed by atoms with Gasteiger partial charge in [0, 0.05) is 11.8 Å². The van der Waals surface area contributed by atoms with Gasteiger partial charge in [-0.25, -0.2) is 4.39 Å². The maximum atomic E-state index is 13.3. The summed E-state index contributed by atoms with van der Waals surface area (Å²) < 4.78 is 13.3. The Morgan fingerprint density at radius 3 is 3.00 bits per heavy atom. The highest BCUT2D eigenvalue weighted by atomic mass is 19.1. The van der Waals surface area contributed by atoms with Gasteiger partial charge >= 0.3 is 0 Å². The first-order valence-electron chi connectivity index (χ1n) is 4.51. The molecule has 0 aliphatic heterocycles. The molecule has 1 atom stereocenters. The zero-order valence-corrected chi connectivity index (χ0v) is 8.20. The quantitative estimate of drug-likeness (QED) is 0.748. The van der Waals surface area contributed by atoms with Crippen LogP contribution in [0.4, 0.5) is 4.39 Å². The van der Waals surface area contributed by atoms with Crippen molar-refractivity contribution in [1.82, 2.24) is 4.98 Å². The van der Waals surface area contributed by atoms with Gasteiger partial charge in [-0.05, 0) is 25.8 Å². The smallest absolute Gasteiger partial charge is 0.147 e. The molecule has 0 aliphatic rings. The van der Waals surface area contributed by atoms with E-state index in [-0.39, 0.29) is 5.56 Å². The number of hydrogen-bond acceptors (Lipinski definition) is 2. The van der Waals surface area contributed by atoms with Crippen molar-refractivity contribution in [1.29, 1.82) is 0 Å². The van der Waals surface area contributed by atoms with E-state index in [4.69, 9.17) is 0 Å². The highest BCUT2D eigenvalue weighted by molar-refractivity contribution is 5.20. The van der Waals surface area contributed by atoms with Crippen LogP contribution in [0.3, 0.4) is 0 Å². The third kappa shape index (κ3) is 2.39. The maximum Gasteiger partial charge on any atom is 0.147 e. The van der Waals surface area contributed by atoms with Crippen molar-refractivity contribution in [3.05, 3.63) is 42.5 Å². The molecule has 0 aliphatic carbocycles. The molecule has 0 saturated heterocycles.